The van der Waals surface area contributed by atoms with Crippen molar-refractivity contribution in [3.8, 4) is 5.75 Å². The third-order valence-corrected chi connectivity index (χ3v) is 4.54. The zero-order valence-corrected chi connectivity index (χ0v) is 10.7. The van der Waals surface area contributed by atoms with Crippen LogP contribution in [-0.2, 0) is 10.0 Å². The molecule has 17 heavy (non-hydrogen) atoms. The summed E-state index contributed by atoms with van der Waals surface area (Å²) in [7, 11) is -3.64. The third-order valence-electron chi connectivity index (χ3n) is 2.97. The zero-order valence-electron chi connectivity index (χ0n) is 9.84. The van der Waals surface area contributed by atoms with Crippen molar-refractivity contribution < 1.29 is 13.5 Å². The van der Waals surface area contributed by atoms with Crippen LogP contribution >= 0.6 is 0 Å². The van der Waals surface area contributed by atoms with Crippen LogP contribution in [0, 0.1) is 5.41 Å². The van der Waals surface area contributed by atoms with Crippen molar-refractivity contribution >= 4 is 10.0 Å². The Morgan fingerprint density at radius 1 is 1.47 bits per heavy atom. The van der Waals surface area contributed by atoms with Gasteiger partial charge in [0.15, 0.2) is 5.75 Å². The number of hydrogen-bond donors (Lipinski definition) is 2. The van der Waals surface area contributed by atoms with Gasteiger partial charge in [0.2, 0.25) is 10.0 Å². The van der Waals surface area contributed by atoms with E-state index in [9.17, 15) is 13.5 Å². The number of pyridine rings is 1. The maximum Gasteiger partial charge on any atom is 0.244 e. The van der Waals surface area contributed by atoms with Crippen molar-refractivity contribution in [2.45, 2.75) is 37.6 Å². The first-order valence-electron chi connectivity index (χ1n) is 5.45. The van der Waals surface area contributed by atoms with Crippen LogP contribution < -0.4 is 4.72 Å². The minimum atomic E-state index is -3.64. The summed E-state index contributed by atoms with van der Waals surface area (Å²) in [5.41, 5.74) is 0.202. The lowest BCUT2D eigenvalue weighted by molar-refractivity contribution is 0.143. The molecule has 0 spiro atoms. The highest BCUT2D eigenvalue weighted by atomic mass is 32.2. The summed E-state index contributed by atoms with van der Waals surface area (Å²) >= 11 is 0. The molecule has 94 valence electrons. The molecule has 0 aliphatic heterocycles. The molecule has 5 nitrogen and oxygen atoms in total. The van der Waals surface area contributed by atoms with E-state index < -0.39 is 10.0 Å². The summed E-state index contributed by atoms with van der Waals surface area (Å²) in [6.45, 7) is 4.20. The molecule has 0 radical (unpaired) electrons. The van der Waals surface area contributed by atoms with E-state index in [1.54, 1.807) is 0 Å². The molecule has 1 aliphatic carbocycles. The van der Waals surface area contributed by atoms with Crippen LogP contribution in [0.4, 0.5) is 0 Å². The standard InChI is InChI=1S/C11H16N2O3S/c1-11(2)5-8(6-11)13-17(15,16)10-3-4-12-7-9(10)14/h3-4,7-8,13-14H,5-6H2,1-2H3. The van der Waals surface area contributed by atoms with E-state index in [0.717, 1.165) is 19.0 Å². The third kappa shape index (κ3) is 2.58. The lowest BCUT2D eigenvalue weighted by Crippen LogP contribution is -2.48. The molecule has 1 fully saturated rings. The first-order valence-corrected chi connectivity index (χ1v) is 6.94. The van der Waals surface area contributed by atoms with Gasteiger partial charge in [-0.1, -0.05) is 13.8 Å². The smallest absolute Gasteiger partial charge is 0.244 e. The van der Waals surface area contributed by atoms with Gasteiger partial charge in [0.25, 0.3) is 0 Å². The molecule has 1 saturated carbocycles. The van der Waals surface area contributed by atoms with Crippen LogP contribution in [-0.4, -0.2) is 24.6 Å². The highest BCUT2D eigenvalue weighted by molar-refractivity contribution is 7.89. The number of sulfonamides is 1. The monoisotopic (exact) mass is 256 g/mol. The topological polar surface area (TPSA) is 79.3 Å². The molecule has 0 aromatic carbocycles. The number of rotatable bonds is 3. The number of hydrogen-bond acceptors (Lipinski definition) is 4. The first-order chi connectivity index (χ1) is 7.80. The number of aromatic nitrogens is 1. The SMILES string of the molecule is CC1(C)CC(NS(=O)(=O)c2ccncc2O)C1. The van der Waals surface area contributed by atoms with E-state index in [1.807, 2.05) is 0 Å². The van der Waals surface area contributed by atoms with E-state index >= 15 is 0 Å². The predicted molar refractivity (Wildman–Crippen MR) is 63.0 cm³/mol. The fraction of sp³-hybridized carbons (Fsp3) is 0.545. The Kier molecular flexibility index (Phi) is 2.87. The van der Waals surface area contributed by atoms with Crippen LogP contribution in [0.25, 0.3) is 0 Å². The lowest BCUT2D eigenvalue weighted by Gasteiger charge is -2.42. The minimum absolute atomic E-state index is 0.0393. The van der Waals surface area contributed by atoms with Gasteiger partial charge in [0, 0.05) is 12.2 Å². The van der Waals surface area contributed by atoms with Gasteiger partial charge in [-0.15, -0.1) is 0 Å². The van der Waals surface area contributed by atoms with Gasteiger partial charge in [0.1, 0.15) is 4.90 Å². The Bertz CT molecular complexity index is 517. The molecular weight excluding hydrogens is 240 g/mol. The average molecular weight is 256 g/mol. The Balaban J connectivity index is 2.13. The first kappa shape index (κ1) is 12.3. The van der Waals surface area contributed by atoms with Crippen LogP contribution in [0.3, 0.4) is 0 Å². The van der Waals surface area contributed by atoms with E-state index in [4.69, 9.17) is 0 Å². The summed E-state index contributed by atoms with van der Waals surface area (Å²) in [5.74, 6) is -0.321. The molecule has 0 atom stereocenters. The molecule has 1 aromatic rings. The summed E-state index contributed by atoms with van der Waals surface area (Å²) in [6.07, 6.45) is 4.11. The molecule has 2 rings (SSSR count). The van der Waals surface area contributed by atoms with Crippen molar-refractivity contribution in [1.82, 2.24) is 9.71 Å². The van der Waals surface area contributed by atoms with Crippen LogP contribution in [0.1, 0.15) is 26.7 Å². The largest absolute Gasteiger partial charge is 0.505 e. The second-order valence-corrected chi connectivity index (χ2v) is 6.92. The fourth-order valence-electron chi connectivity index (χ4n) is 2.24. The second kappa shape index (κ2) is 3.96. The highest BCUT2D eigenvalue weighted by Gasteiger charge is 2.38. The summed E-state index contributed by atoms with van der Waals surface area (Å²) in [5, 5.41) is 9.47. The molecule has 1 aromatic heterocycles. The van der Waals surface area contributed by atoms with Gasteiger partial charge in [-0.25, -0.2) is 13.1 Å². The Morgan fingerprint density at radius 2 is 2.12 bits per heavy atom. The normalized spacial score (nSPS) is 19.9. The van der Waals surface area contributed by atoms with Crippen molar-refractivity contribution in [3.05, 3.63) is 18.5 Å². The van der Waals surface area contributed by atoms with Crippen LogP contribution in [0.15, 0.2) is 23.4 Å². The second-order valence-electron chi connectivity index (χ2n) is 5.23. The summed E-state index contributed by atoms with van der Waals surface area (Å²) < 4.78 is 26.5. The summed E-state index contributed by atoms with van der Waals surface area (Å²) in [4.78, 5) is 3.54. The molecular formula is C11H16N2O3S. The van der Waals surface area contributed by atoms with Gasteiger partial charge < -0.3 is 5.11 Å². The van der Waals surface area contributed by atoms with E-state index in [-0.39, 0.29) is 22.1 Å². The molecule has 0 saturated heterocycles. The number of nitrogens with one attached hydrogen (secondary N) is 1. The molecule has 1 aliphatic rings. The number of nitrogens with zero attached hydrogens (tertiary/aromatic N) is 1. The molecule has 0 bridgehead atoms. The molecule has 2 N–H and O–H groups in total. The maximum atomic E-state index is 12.0. The minimum Gasteiger partial charge on any atom is -0.505 e. The van der Waals surface area contributed by atoms with Gasteiger partial charge in [-0.3, -0.25) is 4.98 Å². The number of aromatic hydroxyl groups is 1. The molecule has 1 heterocycles. The van der Waals surface area contributed by atoms with Crippen molar-refractivity contribution in [2.24, 2.45) is 5.41 Å². The molecule has 6 heteroatoms. The predicted octanol–water partition coefficient (Wildman–Crippen LogP) is 1.25. The Labute approximate surface area is 101 Å². The van der Waals surface area contributed by atoms with Gasteiger partial charge >= 0.3 is 0 Å². The Hall–Kier alpha value is -1.14. The zero-order chi connectivity index (χ0) is 12.7. The Morgan fingerprint density at radius 3 is 2.65 bits per heavy atom. The van der Waals surface area contributed by atoms with E-state index in [2.05, 4.69) is 23.6 Å². The summed E-state index contributed by atoms with van der Waals surface area (Å²) in [6, 6.07) is 1.25. The molecule has 0 amide bonds. The van der Waals surface area contributed by atoms with E-state index in [1.165, 1.54) is 12.3 Å². The highest BCUT2D eigenvalue weighted by Crippen LogP contribution is 2.40. The van der Waals surface area contributed by atoms with Crippen molar-refractivity contribution in [1.29, 1.82) is 0 Å². The van der Waals surface area contributed by atoms with Gasteiger partial charge in [-0.2, -0.15) is 0 Å². The van der Waals surface area contributed by atoms with Gasteiger partial charge in [-0.05, 0) is 24.3 Å². The quantitative estimate of drug-likeness (QED) is 0.853. The van der Waals surface area contributed by atoms with Crippen molar-refractivity contribution in [2.75, 3.05) is 0 Å². The van der Waals surface area contributed by atoms with Gasteiger partial charge in [0.05, 0.1) is 6.20 Å². The van der Waals surface area contributed by atoms with Crippen molar-refractivity contribution in [3.63, 3.8) is 0 Å². The molecule has 0 unspecified atom stereocenters. The van der Waals surface area contributed by atoms with E-state index in [0.29, 0.717) is 0 Å². The average Bonchev–Trinajstić information content (AvgIpc) is 2.14. The van der Waals surface area contributed by atoms with Crippen LogP contribution in [0.5, 0.6) is 5.75 Å². The van der Waals surface area contributed by atoms with Crippen LogP contribution in [0.2, 0.25) is 0 Å². The lowest BCUT2D eigenvalue weighted by atomic mass is 9.69. The fourth-order valence-corrected chi connectivity index (χ4v) is 3.54. The maximum absolute atomic E-state index is 12.0.